The van der Waals surface area contributed by atoms with Crippen LogP contribution in [0.1, 0.15) is 0 Å². The van der Waals surface area contributed by atoms with Gasteiger partial charge in [0, 0.05) is 0 Å². The number of hydrogen-bond donors (Lipinski definition) is 10. The minimum atomic E-state index is -1.71. The summed E-state index contributed by atoms with van der Waals surface area (Å²) in [5, 5.41) is 100. The van der Waals surface area contributed by atoms with E-state index in [0.29, 0.717) is 0 Å². The van der Waals surface area contributed by atoms with Crippen molar-refractivity contribution in [3.8, 4) is 0 Å². The summed E-state index contributed by atoms with van der Waals surface area (Å²) < 4.78 is 37.0. The van der Waals surface area contributed by atoms with E-state index in [9.17, 15) is 51.1 Å². The van der Waals surface area contributed by atoms with E-state index in [1.165, 1.54) is 0 Å². The molecule has 16 atom stereocenters. The van der Waals surface area contributed by atoms with Crippen molar-refractivity contribution >= 4 is 0 Å². The highest BCUT2D eigenvalue weighted by Gasteiger charge is 2.49. The van der Waals surface area contributed by atoms with Crippen LogP contribution in [0.5, 0.6) is 0 Å². The molecule has 0 aromatic heterocycles. The molecule has 4 aliphatic rings. The van der Waals surface area contributed by atoms with Gasteiger partial charge in [-0.2, -0.15) is 0 Å². The van der Waals surface area contributed by atoms with Crippen LogP contribution in [0.2, 0.25) is 0 Å². The van der Waals surface area contributed by atoms with Crippen LogP contribution < -0.4 is 0 Å². The molecule has 0 bridgehead atoms. The largest absolute Gasteiger partial charge is 0.388 e. The van der Waals surface area contributed by atoms with Crippen LogP contribution >= 0.6 is 0 Å². The fourth-order valence-electron chi connectivity index (χ4n) is 4.33. The second-order valence-electron chi connectivity index (χ2n) is 9.34. The summed E-state index contributed by atoms with van der Waals surface area (Å²) in [6, 6.07) is 0. The van der Waals surface area contributed by atoms with Crippen LogP contribution in [0, 0.1) is 0 Å². The van der Waals surface area contributed by atoms with Crippen LogP contribution in [0.4, 0.5) is 0 Å². The molecule has 0 radical (unpaired) electrons. The second-order valence-corrected chi connectivity index (χ2v) is 9.34. The Hall–Kier alpha value is -0.680. The Morgan fingerprint density at radius 2 is 0.730 bits per heavy atom. The summed E-state index contributed by atoms with van der Waals surface area (Å²) in [6.45, 7) is -1.39. The molecule has 4 rings (SSSR count). The first kappa shape index (κ1) is 29.3. The number of rotatable bonds is 6. The molecule has 0 aromatic rings. The summed E-state index contributed by atoms with van der Waals surface area (Å²) in [7, 11) is 0. The van der Waals surface area contributed by atoms with Gasteiger partial charge >= 0.3 is 0 Å². The minimum Gasteiger partial charge on any atom is -0.388 e. The van der Waals surface area contributed by atoms with Crippen LogP contribution in [0.25, 0.3) is 0 Å². The van der Waals surface area contributed by atoms with E-state index >= 15 is 0 Å². The monoisotopic (exact) mass is 546 g/mol. The van der Waals surface area contributed by atoms with E-state index in [1.54, 1.807) is 0 Å². The normalized spacial score (nSPS) is 53.7. The third kappa shape index (κ3) is 6.23. The molecule has 10 N–H and O–H groups in total. The van der Waals surface area contributed by atoms with Crippen molar-refractivity contribution in [2.24, 2.45) is 0 Å². The van der Waals surface area contributed by atoms with Gasteiger partial charge in [-0.05, 0) is 0 Å². The summed E-state index contributed by atoms with van der Waals surface area (Å²) in [6.07, 6.45) is -24.0. The number of aliphatic hydroxyl groups is 10. The lowest BCUT2D eigenvalue weighted by Crippen LogP contribution is -2.62. The smallest absolute Gasteiger partial charge is 0.186 e. The maximum absolute atomic E-state index is 10.5. The molecule has 4 unspecified atom stereocenters. The molecule has 37 heavy (non-hydrogen) atoms. The van der Waals surface area contributed by atoms with Crippen molar-refractivity contribution in [3.05, 3.63) is 0 Å². The Labute approximate surface area is 209 Å². The molecule has 4 heterocycles. The Morgan fingerprint density at radius 3 is 1.19 bits per heavy atom. The molecule has 0 amide bonds. The summed E-state index contributed by atoms with van der Waals surface area (Å²) >= 11 is 0. The predicted molar refractivity (Wildman–Crippen MR) is 110 cm³/mol. The molecule has 4 aliphatic heterocycles. The summed E-state index contributed by atoms with van der Waals surface area (Å²) in [5.41, 5.74) is 0. The molecule has 0 aliphatic carbocycles. The average Bonchev–Trinajstić information content (AvgIpc) is 2.88. The van der Waals surface area contributed by atoms with Crippen molar-refractivity contribution in [2.45, 2.75) is 98.4 Å². The molecule has 17 heteroatoms. The molecule has 216 valence electrons. The van der Waals surface area contributed by atoms with Gasteiger partial charge in [0.2, 0.25) is 0 Å². The number of ether oxygens (including phenoxy) is 7. The van der Waals surface area contributed by atoms with Gasteiger partial charge in [0.15, 0.2) is 25.2 Å². The molecule has 0 aromatic carbocycles. The maximum atomic E-state index is 10.5. The van der Waals surface area contributed by atoms with Gasteiger partial charge in [-0.25, -0.2) is 0 Å². The highest BCUT2D eigenvalue weighted by atomic mass is 16.8. The fraction of sp³-hybridized carbons (Fsp3) is 1.00. The Morgan fingerprint density at radius 1 is 0.378 bits per heavy atom. The van der Waals surface area contributed by atoms with Gasteiger partial charge in [0.25, 0.3) is 0 Å². The highest BCUT2D eigenvalue weighted by Crippen LogP contribution is 2.28. The summed E-state index contributed by atoms with van der Waals surface area (Å²) in [4.78, 5) is 0. The van der Waals surface area contributed by atoms with Gasteiger partial charge in [0.1, 0.15) is 73.2 Å². The quantitative estimate of drug-likeness (QED) is 0.148. The molecule has 4 saturated heterocycles. The lowest BCUT2D eigenvalue weighted by Gasteiger charge is -2.44. The zero-order valence-electron chi connectivity index (χ0n) is 19.4. The van der Waals surface area contributed by atoms with Crippen molar-refractivity contribution in [1.29, 1.82) is 0 Å². The third-order valence-electron chi connectivity index (χ3n) is 6.70. The van der Waals surface area contributed by atoms with Gasteiger partial charge in [-0.1, -0.05) is 0 Å². The SMILES string of the molecule is OC1[C@H](O[C@@H]2CO[C@@H](O[C@@H]3CO[C@H](O[C@@H]4CO[C@@H](O)C(O)[C@H]4O)C(O)[C@H]3O)C(O)[C@H]2O)OC[C@@H](O)[C@@H]1O. The van der Waals surface area contributed by atoms with Crippen molar-refractivity contribution in [2.75, 3.05) is 26.4 Å². The Bertz CT molecular complexity index is 673. The molecule has 0 spiro atoms. The van der Waals surface area contributed by atoms with E-state index < -0.39 is 98.4 Å². The van der Waals surface area contributed by atoms with Gasteiger partial charge in [-0.15, -0.1) is 0 Å². The van der Waals surface area contributed by atoms with E-state index in [0.717, 1.165) is 0 Å². The molecular formula is C20H34O17. The van der Waals surface area contributed by atoms with E-state index in [1.807, 2.05) is 0 Å². The van der Waals surface area contributed by atoms with E-state index in [-0.39, 0.29) is 26.4 Å². The third-order valence-corrected chi connectivity index (χ3v) is 6.70. The molecule has 17 nitrogen and oxygen atoms in total. The standard InChI is InChI=1S/C20H34O17/c21-5-1-32-18(14(27)9(5)22)36-7-3-34-20(16(29)11(7)24)37-8-4-33-19(15(28)12(8)25)35-6-2-31-17(30)13(26)10(6)23/h5-30H,1-4H2/t5-,6-,7-,8-,9+,10+,11+,12+,13?,14?,15?,16?,17-,18+,19-,20+/m1/s1. The van der Waals surface area contributed by atoms with Crippen molar-refractivity contribution in [1.82, 2.24) is 0 Å². The lowest BCUT2D eigenvalue weighted by atomic mass is 10.0. The maximum Gasteiger partial charge on any atom is 0.186 e. The number of hydrogen-bond acceptors (Lipinski definition) is 17. The Kier molecular flexibility index (Phi) is 9.69. The molecular weight excluding hydrogens is 512 g/mol. The number of aliphatic hydroxyl groups excluding tert-OH is 10. The molecule has 4 fully saturated rings. The first-order valence-electron chi connectivity index (χ1n) is 11.7. The highest BCUT2D eigenvalue weighted by molar-refractivity contribution is 4.91. The molecule has 0 saturated carbocycles. The van der Waals surface area contributed by atoms with Crippen LogP contribution in [0.15, 0.2) is 0 Å². The van der Waals surface area contributed by atoms with Crippen LogP contribution in [-0.4, -0.2) is 176 Å². The van der Waals surface area contributed by atoms with Gasteiger partial charge < -0.3 is 84.2 Å². The first-order valence-corrected chi connectivity index (χ1v) is 11.7. The van der Waals surface area contributed by atoms with E-state index in [2.05, 4.69) is 0 Å². The van der Waals surface area contributed by atoms with Crippen molar-refractivity contribution < 1.29 is 84.2 Å². The van der Waals surface area contributed by atoms with Gasteiger partial charge in [0.05, 0.1) is 26.4 Å². The topological polar surface area (TPSA) is 267 Å². The average molecular weight is 546 g/mol. The van der Waals surface area contributed by atoms with E-state index in [4.69, 9.17) is 33.2 Å². The lowest BCUT2D eigenvalue weighted by molar-refractivity contribution is -0.356. The van der Waals surface area contributed by atoms with Crippen LogP contribution in [-0.2, 0) is 33.2 Å². The zero-order valence-corrected chi connectivity index (χ0v) is 19.4. The second kappa shape index (κ2) is 12.2. The first-order chi connectivity index (χ1) is 17.5. The summed E-state index contributed by atoms with van der Waals surface area (Å²) in [5.74, 6) is 0. The minimum absolute atomic E-state index is 0.326. The van der Waals surface area contributed by atoms with Crippen molar-refractivity contribution in [3.63, 3.8) is 0 Å². The van der Waals surface area contributed by atoms with Crippen LogP contribution in [0.3, 0.4) is 0 Å². The van der Waals surface area contributed by atoms with Gasteiger partial charge in [-0.3, -0.25) is 0 Å². The Balaban J connectivity index is 1.27. The fourth-order valence-corrected chi connectivity index (χ4v) is 4.33. The zero-order chi connectivity index (χ0) is 27.0. The predicted octanol–water partition coefficient (Wildman–Crippen LogP) is -7.19.